The maximum absolute atomic E-state index is 5.89. The van der Waals surface area contributed by atoms with Crippen LogP contribution in [-0.2, 0) is 0 Å². The molecule has 0 spiro atoms. The van der Waals surface area contributed by atoms with Crippen molar-refractivity contribution < 1.29 is 0 Å². The minimum absolute atomic E-state index is 0.240. The lowest BCUT2D eigenvalue weighted by Gasteiger charge is -2.09. The molecule has 1 aromatic heterocycles. The minimum atomic E-state index is 0.240. The lowest BCUT2D eigenvalue weighted by atomic mass is 10.2. The molecule has 1 unspecified atom stereocenters. The van der Waals surface area contributed by atoms with E-state index in [0.29, 0.717) is 0 Å². The van der Waals surface area contributed by atoms with E-state index in [-0.39, 0.29) is 6.04 Å². The largest absolute Gasteiger partial charge is 0.360 e. The Morgan fingerprint density at radius 1 is 1.50 bits per heavy atom. The zero-order chi connectivity index (χ0) is 10.6. The van der Waals surface area contributed by atoms with Crippen LogP contribution in [0, 0.1) is 13.8 Å². The number of anilines is 1. The van der Waals surface area contributed by atoms with Crippen molar-refractivity contribution in [2.24, 2.45) is 5.73 Å². The Morgan fingerprint density at radius 2 is 2.21 bits per heavy atom. The normalized spacial score (nSPS) is 12.9. The molecule has 80 valence electrons. The molecule has 4 heteroatoms. The molecule has 14 heavy (non-hydrogen) atoms. The summed E-state index contributed by atoms with van der Waals surface area (Å²) < 4.78 is 0. The van der Waals surface area contributed by atoms with E-state index in [1.54, 1.807) is 11.3 Å². The standard InChI is InChI=1S/C10H19N3S/c1-4-5-9(11)6-12-10-13-7(2)8(3)14-10/h9H,4-6,11H2,1-3H3,(H,12,13). The minimum Gasteiger partial charge on any atom is -0.360 e. The first-order chi connectivity index (χ1) is 6.63. The number of nitrogens with two attached hydrogens (primary N) is 1. The first-order valence-corrected chi connectivity index (χ1v) is 5.88. The van der Waals surface area contributed by atoms with Crippen LogP contribution < -0.4 is 11.1 Å². The van der Waals surface area contributed by atoms with Crippen molar-refractivity contribution in [2.45, 2.75) is 39.7 Å². The molecule has 0 aliphatic rings. The van der Waals surface area contributed by atoms with Gasteiger partial charge in [-0.2, -0.15) is 0 Å². The van der Waals surface area contributed by atoms with Crippen LogP contribution in [0.4, 0.5) is 5.13 Å². The zero-order valence-corrected chi connectivity index (χ0v) is 9.95. The maximum Gasteiger partial charge on any atom is 0.183 e. The van der Waals surface area contributed by atoms with Crippen molar-refractivity contribution in [3.05, 3.63) is 10.6 Å². The summed E-state index contributed by atoms with van der Waals surface area (Å²) in [6.45, 7) is 7.09. The van der Waals surface area contributed by atoms with E-state index in [2.05, 4.69) is 24.1 Å². The molecule has 1 rings (SSSR count). The van der Waals surface area contributed by atoms with E-state index in [4.69, 9.17) is 5.73 Å². The molecule has 0 aliphatic heterocycles. The predicted molar refractivity (Wildman–Crippen MR) is 63.0 cm³/mol. The average Bonchev–Trinajstić information content (AvgIpc) is 2.44. The summed E-state index contributed by atoms with van der Waals surface area (Å²) in [4.78, 5) is 5.67. The van der Waals surface area contributed by atoms with Gasteiger partial charge in [-0.25, -0.2) is 4.98 Å². The molecule has 3 N–H and O–H groups in total. The highest BCUT2D eigenvalue weighted by molar-refractivity contribution is 7.15. The van der Waals surface area contributed by atoms with Gasteiger partial charge in [-0.1, -0.05) is 13.3 Å². The summed E-state index contributed by atoms with van der Waals surface area (Å²) in [6, 6.07) is 0.240. The molecule has 0 fully saturated rings. The molecular weight excluding hydrogens is 194 g/mol. The Labute approximate surface area is 89.7 Å². The first kappa shape index (κ1) is 11.5. The third-order valence-corrected chi connectivity index (χ3v) is 3.23. The zero-order valence-electron chi connectivity index (χ0n) is 9.13. The first-order valence-electron chi connectivity index (χ1n) is 5.07. The molecule has 0 saturated carbocycles. The van der Waals surface area contributed by atoms with Gasteiger partial charge in [0.2, 0.25) is 0 Å². The molecule has 1 heterocycles. The third kappa shape index (κ3) is 3.27. The molecular formula is C10H19N3S. The van der Waals surface area contributed by atoms with Crippen molar-refractivity contribution in [2.75, 3.05) is 11.9 Å². The second-order valence-corrected chi connectivity index (χ2v) is 4.79. The molecule has 0 bridgehead atoms. The number of hydrogen-bond acceptors (Lipinski definition) is 4. The number of hydrogen-bond donors (Lipinski definition) is 2. The molecule has 0 aliphatic carbocycles. The van der Waals surface area contributed by atoms with Crippen LogP contribution in [0.25, 0.3) is 0 Å². The van der Waals surface area contributed by atoms with E-state index in [0.717, 1.165) is 30.2 Å². The number of aromatic nitrogens is 1. The summed E-state index contributed by atoms with van der Waals surface area (Å²) >= 11 is 1.70. The summed E-state index contributed by atoms with van der Waals surface area (Å²) in [5.41, 5.74) is 7.00. The van der Waals surface area contributed by atoms with E-state index < -0.39 is 0 Å². The highest BCUT2D eigenvalue weighted by Crippen LogP contribution is 2.20. The lowest BCUT2D eigenvalue weighted by molar-refractivity contribution is 0.627. The van der Waals surface area contributed by atoms with Gasteiger partial charge >= 0.3 is 0 Å². The highest BCUT2D eigenvalue weighted by Gasteiger charge is 2.05. The average molecular weight is 213 g/mol. The van der Waals surface area contributed by atoms with Crippen molar-refractivity contribution in [1.29, 1.82) is 0 Å². The Hall–Kier alpha value is -0.610. The van der Waals surface area contributed by atoms with Gasteiger partial charge in [0.05, 0.1) is 5.69 Å². The molecule has 0 amide bonds. The van der Waals surface area contributed by atoms with Gasteiger partial charge in [0.25, 0.3) is 0 Å². The van der Waals surface area contributed by atoms with E-state index in [9.17, 15) is 0 Å². The topological polar surface area (TPSA) is 50.9 Å². The van der Waals surface area contributed by atoms with Gasteiger partial charge in [-0.05, 0) is 20.3 Å². The second kappa shape index (κ2) is 5.32. The van der Waals surface area contributed by atoms with Crippen LogP contribution in [0.5, 0.6) is 0 Å². The van der Waals surface area contributed by atoms with Gasteiger partial charge < -0.3 is 11.1 Å². The number of aryl methyl sites for hydroxylation is 2. The van der Waals surface area contributed by atoms with Gasteiger partial charge in [0.1, 0.15) is 0 Å². The van der Waals surface area contributed by atoms with Crippen molar-refractivity contribution in [3.8, 4) is 0 Å². The Morgan fingerprint density at radius 3 is 2.71 bits per heavy atom. The fourth-order valence-corrected chi connectivity index (χ4v) is 2.06. The number of rotatable bonds is 5. The van der Waals surface area contributed by atoms with Gasteiger partial charge in [0, 0.05) is 17.5 Å². The fraction of sp³-hybridized carbons (Fsp3) is 0.700. The van der Waals surface area contributed by atoms with Crippen LogP contribution in [-0.4, -0.2) is 17.6 Å². The van der Waals surface area contributed by atoms with Crippen LogP contribution >= 0.6 is 11.3 Å². The van der Waals surface area contributed by atoms with Gasteiger partial charge in [-0.3, -0.25) is 0 Å². The van der Waals surface area contributed by atoms with Crippen molar-refractivity contribution >= 4 is 16.5 Å². The maximum atomic E-state index is 5.89. The Kier molecular flexibility index (Phi) is 4.35. The van der Waals surface area contributed by atoms with Crippen molar-refractivity contribution in [1.82, 2.24) is 4.98 Å². The quantitative estimate of drug-likeness (QED) is 0.789. The van der Waals surface area contributed by atoms with Crippen LogP contribution in [0.2, 0.25) is 0 Å². The molecule has 1 aromatic rings. The Bertz CT molecular complexity index is 263. The van der Waals surface area contributed by atoms with Gasteiger partial charge in [0.15, 0.2) is 5.13 Å². The number of nitrogens with zero attached hydrogens (tertiary/aromatic N) is 1. The molecule has 0 radical (unpaired) electrons. The van der Waals surface area contributed by atoms with E-state index in [1.165, 1.54) is 4.88 Å². The molecule has 3 nitrogen and oxygen atoms in total. The van der Waals surface area contributed by atoms with Crippen LogP contribution in [0.1, 0.15) is 30.3 Å². The third-order valence-electron chi connectivity index (χ3n) is 2.20. The van der Waals surface area contributed by atoms with Crippen LogP contribution in [0.3, 0.4) is 0 Å². The van der Waals surface area contributed by atoms with Crippen molar-refractivity contribution in [3.63, 3.8) is 0 Å². The number of nitrogens with one attached hydrogen (secondary N) is 1. The summed E-state index contributed by atoms with van der Waals surface area (Å²) in [7, 11) is 0. The summed E-state index contributed by atoms with van der Waals surface area (Å²) in [5, 5.41) is 4.27. The predicted octanol–water partition coefficient (Wildman–Crippen LogP) is 2.30. The lowest BCUT2D eigenvalue weighted by Crippen LogP contribution is -2.28. The van der Waals surface area contributed by atoms with E-state index in [1.807, 2.05) is 6.92 Å². The molecule has 1 atom stereocenters. The fourth-order valence-electron chi connectivity index (χ4n) is 1.24. The summed E-state index contributed by atoms with van der Waals surface area (Å²) in [6.07, 6.45) is 2.20. The highest BCUT2D eigenvalue weighted by atomic mass is 32.1. The molecule has 0 aromatic carbocycles. The second-order valence-electron chi connectivity index (χ2n) is 3.59. The van der Waals surface area contributed by atoms with E-state index >= 15 is 0 Å². The number of thiazole rings is 1. The molecule has 0 saturated heterocycles. The SMILES string of the molecule is CCCC(N)CNc1nc(C)c(C)s1. The van der Waals surface area contributed by atoms with Gasteiger partial charge in [-0.15, -0.1) is 11.3 Å². The smallest absolute Gasteiger partial charge is 0.183 e. The monoisotopic (exact) mass is 213 g/mol. The Balaban J connectivity index is 2.38. The van der Waals surface area contributed by atoms with Crippen LogP contribution in [0.15, 0.2) is 0 Å². The summed E-state index contributed by atoms with van der Waals surface area (Å²) in [5.74, 6) is 0.